The first kappa shape index (κ1) is 22.8. The molecule has 1 aliphatic carbocycles. The molecule has 1 atom stereocenters. The number of carbonyl (C=O) groups excluding carboxylic acids is 2. The number of nitrogens with zero attached hydrogens (tertiary/aromatic N) is 2. The van der Waals surface area contributed by atoms with Crippen LogP contribution in [0.3, 0.4) is 0 Å². The van der Waals surface area contributed by atoms with Gasteiger partial charge >= 0.3 is 0 Å². The summed E-state index contributed by atoms with van der Waals surface area (Å²) in [4.78, 5) is 33.5. The fraction of sp³-hybridized carbons (Fsp3) is 0.458. The molecule has 2 N–H and O–H groups in total. The smallest absolute Gasteiger partial charge is 0.262 e. The molecule has 2 heterocycles. The molecule has 170 valence electrons. The second-order valence-electron chi connectivity index (χ2n) is 8.41. The zero-order valence-electron chi connectivity index (χ0n) is 18.2. The van der Waals surface area contributed by atoms with Crippen LogP contribution in [0.5, 0.6) is 0 Å². The van der Waals surface area contributed by atoms with E-state index in [0.29, 0.717) is 15.3 Å². The summed E-state index contributed by atoms with van der Waals surface area (Å²) >= 11 is 7.18. The van der Waals surface area contributed by atoms with Crippen LogP contribution in [0.1, 0.15) is 60.3 Å². The van der Waals surface area contributed by atoms with Gasteiger partial charge in [-0.1, -0.05) is 41.9 Å². The fourth-order valence-electron chi connectivity index (χ4n) is 4.58. The van der Waals surface area contributed by atoms with Crippen LogP contribution in [0.15, 0.2) is 47.5 Å². The normalized spacial score (nSPS) is 22.1. The van der Waals surface area contributed by atoms with Gasteiger partial charge in [0, 0.05) is 25.2 Å². The van der Waals surface area contributed by atoms with Crippen molar-refractivity contribution < 1.29 is 9.59 Å². The molecule has 0 bridgehead atoms. The van der Waals surface area contributed by atoms with Gasteiger partial charge in [0.15, 0.2) is 0 Å². The van der Waals surface area contributed by atoms with Crippen LogP contribution >= 0.6 is 22.9 Å². The lowest BCUT2D eigenvalue weighted by Crippen LogP contribution is -2.49. The van der Waals surface area contributed by atoms with Crippen molar-refractivity contribution in [3.63, 3.8) is 0 Å². The van der Waals surface area contributed by atoms with Gasteiger partial charge in [-0.2, -0.15) is 0 Å². The van der Waals surface area contributed by atoms with Crippen LogP contribution in [0, 0.1) is 0 Å². The molecule has 2 aromatic rings. The van der Waals surface area contributed by atoms with Gasteiger partial charge in [-0.3, -0.25) is 14.6 Å². The van der Waals surface area contributed by atoms with Crippen molar-refractivity contribution in [3.8, 4) is 0 Å². The first-order valence-electron chi connectivity index (χ1n) is 11.2. The highest BCUT2D eigenvalue weighted by atomic mass is 35.5. The first-order valence-corrected chi connectivity index (χ1v) is 12.4. The summed E-state index contributed by atoms with van der Waals surface area (Å²) in [5.74, 6) is 0.671. The van der Waals surface area contributed by atoms with E-state index in [4.69, 9.17) is 11.6 Å². The number of benzene rings is 1. The van der Waals surface area contributed by atoms with Crippen LogP contribution in [-0.4, -0.2) is 47.7 Å². The Hall–Kier alpha value is -2.38. The minimum atomic E-state index is -0.751. The second-order valence-corrected chi connectivity index (χ2v) is 10.1. The number of carbonyl (C=O) groups is 2. The molecule has 32 heavy (non-hydrogen) atoms. The molecule has 2 aliphatic rings. The highest BCUT2D eigenvalue weighted by Gasteiger charge is 2.30. The Bertz CT molecular complexity index is 969. The molecule has 1 aromatic heterocycles. The Balaban J connectivity index is 1.39. The molecule has 0 saturated heterocycles. The van der Waals surface area contributed by atoms with Crippen LogP contribution in [0.2, 0.25) is 4.34 Å². The topological polar surface area (TPSA) is 73.8 Å². The average Bonchev–Trinajstić information content (AvgIpc) is 3.25. The molecule has 1 fully saturated rings. The summed E-state index contributed by atoms with van der Waals surface area (Å²) in [6.45, 7) is 4.10. The van der Waals surface area contributed by atoms with Gasteiger partial charge in [-0.15, -0.1) is 11.3 Å². The van der Waals surface area contributed by atoms with Crippen LogP contribution < -0.4 is 10.6 Å². The molecule has 1 unspecified atom stereocenters. The molecule has 4 rings (SSSR count). The van der Waals surface area contributed by atoms with E-state index in [1.54, 1.807) is 12.1 Å². The van der Waals surface area contributed by atoms with Crippen molar-refractivity contribution in [2.24, 2.45) is 4.99 Å². The third-order valence-corrected chi connectivity index (χ3v) is 7.49. The third kappa shape index (κ3) is 5.51. The number of hydrogen-bond donors (Lipinski definition) is 2. The van der Waals surface area contributed by atoms with Gasteiger partial charge in [-0.25, -0.2) is 0 Å². The molecule has 2 amide bonds. The van der Waals surface area contributed by atoms with Crippen molar-refractivity contribution in [1.82, 2.24) is 15.5 Å². The summed E-state index contributed by atoms with van der Waals surface area (Å²) in [6.07, 6.45) is 5.04. The van der Waals surface area contributed by atoms with Crippen LogP contribution in [0.4, 0.5) is 0 Å². The van der Waals surface area contributed by atoms with E-state index in [1.807, 2.05) is 30.3 Å². The lowest BCUT2D eigenvalue weighted by molar-refractivity contribution is -0.124. The van der Waals surface area contributed by atoms with Crippen LogP contribution in [-0.2, 0) is 4.79 Å². The zero-order chi connectivity index (χ0) is 22.5. The minimum absolute atomic E-state index is 0.111. The van der Waals surface area contributed by atoms with Crippen molar-refractivity contribution in [2.45, 2.75) is 57.2 Å². The van der Waals surface area contributed by atoms with E-state index in [0.717, 1.165) is 56.6 Å². The van der Waals surface area contributed by atoms with Gasteiger partial charge in [-0.05, 0) is 56.7 Å². The summed E-state index contributed by atoms with van der Waals surface area (Å²) in [6, 6.07) is 12.6. The van der Waals surface area contributed by atoms with Gasteiger partial charge in [0.05, 0.1) is 15.0 Å². The number of aliphatic imine (C=N–C) groups is 1. The van der Waals surface area contributed by atoms with E-state index in [1.165, 1.54) is 11.3 Å². The molecule has 0 spiro atoms. The van der Waals surface area contributed by atoms with E-state index < -0.39 is 6.04 Å². The number of nitrogens with one attached hydrogen (secondary N) is 2. The summed E-state index contributed by atoms with van der Waals surface area (Å²) in [5, 5.41) is 6.08. The van der Waals surface area contributed by atoms with Crippen LogP contribution in [0.25, 0.3) is 0 Å². The Morgan fingerprint density at radius 3 is 2.53 bits per heavy atom. The maximum atomic E-state index is 13.2. The number of rotatable bonds is 6. The Morgan fingerprint density at radius 2 is 1.88 bits per heavy atom. The number of amidine groups is 1. The predicted molar refractivity (Wildman–Crippen MR) is 129 cm³/mol. The summed E-state index contributed by atoms with van der Waals surface area (Å²) in [7, 11) is 0. The highest BCUT2D eigenvalue weighted by molar-refractivity contribution is 7.18. The maximum Gasteiger partial charge on any atom is 0.262 e. The SMILES string of the molecule is CC1=NCCCN1C1CCC(NC(=O)C(NC(=O)c2ccc(Cl)s2)c2ccccc2)CC1. The second kappa shape index (κ2) is 10.5. The van der Waals surface area contributed by atoms with E-state index in [-0.39, 0.29) is 17.9 Å². The van der Waals surface area contributed by atoms with Crippen molar-refractivity contribution in [2.75, 3.05) is 13.1 Å². The average molecular weight is 473 g/mol. The number of halogens is 1. The minimum Gasteiger partial charge on any atom is -0.358 e. The van der Waals surface area contributed by atoms with Gasteiger partial charge < -0.3 is 15.5 Å². The standard InChI is InChI=1S/C24H29ClN4O2S/c1-16-26-14-5-15-29(16)19-10-8-18(9-11-19)27-24(31)22(17-6-3-2-4-7-17)28-23(30)20-12-13-21(25)32-20/h2-4,6-7,12-13,18-19,22H,5,8-11,14-15H2,1H3,(H,27,31)(H,28,30). The summed E-state index contributed by atoms with van der Waals surface area (Å²) in [5.41, 5.74) is 0.759. The van der Waals surface area contributed by atoms with Gasteiger partial charge in [0.1, 0.15) is 6.04 Å². The van der Waals surface area contributed by atoms with Gasteiger partial charge in [0.2, 0.25) is 5.91 Å². The molecule has 1 aliphatic heterocycles. The third-order valence-electron chi connectivity index (χ3n) is 6.26. The van der Waals surface area contributed by atoms with E-state index in [9.17, 15) is 9.59 Å². The quantitative estimate of drug-likeness (QED) is 0.653. The largest absolute Gasteiger partial charge is 0.358 e. The maximum absolute atomic E-state index is 13.2. The van der Waals surface area contributed by atoms with Crippen molar-refractivity contribution in [3.05, 3.63) is 57.2 Å². The zero-order valence-corrected chi connectivity index (χ0v) is 19.8. The lowest BCUT2D eigenvalue weighted by Gasteiger charge is -2.40. The molecule has 8 heteroatoms. The molecular weight excluding hydrogens is 444 g/mol. The Kier molecular flexibility index (Phi) is 7.48. The molecule has 1 saturated carbocycles. The lowest BCUT2D eigenvalue weighted by atomic mass is 9.89. The number of thiophene rings is 1. The summed E-state index contributed by atoms with van der Waals surface area (Å²) < 4.78 is 0.543. The monoisotopic (exact) mass is 472 g/mol. The van der Waals surface area contributed by atoms with E-state index >= 15 is 0 Å². The first-order chi connectivity index (χ1) is 15.5. The Labute approximate surface area is 198 Å². The number of amides is 2. The Morgan fingerprint density at radius 1 is 1.12 bits per heavy atom. The highest BCUT2D eigenvalue weighted by Crippen LogP contribution is 2.26. The van der Waals surface area contributed by atoms with Crippen molar-refractivity contribution in [1.29, 1.82) is 0 Å². The van der Waals surface area contributed by atoms with E-state index in [2.05, 4.69) is 27.4 Å². The predicted octanol–water partition coefficient (Wildman–Crippen LogP) is 4.42. The van der Waals surface area contributed by atoms with Gasteiger partial charge in [0.25, 0.3) is 5.91 Å². The molecule has 1 aromatic carbocycles. The molecule has 0 radical (unpaired) electrons. The fourth-order valence-corrected chi connectivity index (χ4v) is 5.53. The molecular formula is C24H29ClN4O2S. The van der Waals surface area contributed by atoms with Crippen molar-refractivity contribution >= 4 is 40.6 Å². The number of hydrogen-bond acceptors (Lipinski definition) is 5. The molecule has 6 nitrogen and oxygen atoms in total.